The lowest BCUT2D eigenvalue weighted by Crippen LogP contribution is -2.34. The molecule has 0 aliphatic carbocycles. The SMILES string of the molecule is O=C(NC[C@@H]1CC(=O)N(Cc2ccc(F)cc2)C1)Nc1ccc(C(F)(F)F)cc1. The number of likely N-dealkylation sites (tertiary alicyclic amines) is 1. The zero-order valence-corrected chi connectivity index (χ0v) is 15.3. The van der Waals surface area contributed by atoms with E-state index in [-0.39, 0.29) is 36.3 Å². The predicted molar refractivity (Wildman–Crippen MR) is 98.4 cm³/mol. The highest BCUT2D eigenvalue weighted by molar-refractivity contribution is 5.89. The van der Waals surface area contributed by atoms with Crippen LogP contribution < -0.4 is 10.6 Å². The van der Waals surface area contributed by atoms with Gasteiger partial charge >= 0.3 is 12.2 Å². The Morgan fingerprint density at radius 1 is 1.07 bits per heavy atom. The summed E-state index contributed by atoms with van der Waals surface area (Å²) in [4.78, 5) is 25.7. The smallest absolute Gasteiger partial charge is 0.338 e. The molecule has 0 saturated carbocycles. The number of hydrogen-bond donors (Lipinski definition) is 2. The number of urea groups is 1. The molecule has 154 valence electrons. The maximum atomic E-state index is 13.0. The van der Waals surface area contributed by atoms with Gasteiger partial charge in [-0.1, -0.05) is 12.1 Å². The molecule has 3 rings (SSSR count). The molecule has 3 amide bonds. The van der Waals surface area contributed by atoms with E-state index in [2.05, 4.69) is 10.6 Å². The minimum Gasteiger partial charge on any atom is -0.338 e. The Balaban J connectivity index is 1.45. The van der Waals surface area contributed by atoms with Gasteiger partial charge in [-0.25, -0.2) is 9.18 Å². The van der Waals surface area contributed by atoms with Crippen LogP contribution in [0.25, 0.3) is 0 Å². The molecule has 0 aromatic heterocycles. The molecule has 1 heterocycles. The zero-order valence-electron chi connectivity index (χ0n) is 15.3. The lowest BCUT2D eigenvalue weighted by molar-refractivity contribution is -0.137. The van der Waals surface area contributed by atoms with Gasteiger partial charge in [0.1, 0.15) is 5.82 Å². The van der Waals surface area contributed by atoms with Gasteiger partial charge in [-0.15, -0.1) is 0 Å². The first-order valence-electron chi connectivity index (χ1n) is 8.95. The Morgan fingerprint density at radius 2 is 1.72 bits per heavy atom. The number of carbonyl (C=O) groups excluding carboxylic acids is 2. The summed E-state index contributed by atoms with van der Waals surface area (Å²) in [5.41, 5.74) is 0.249. The van der Waals surface area contributed by atoms with Crippen molar-refractivity contribution >= 4 is 17.6 Å². The second kappa shape index (κ2) is 8.50. The normalized spacial score (nSPS) is 16.8. The summed E-state index contributed by atoms with van der Waals surface area (Å²) in [7, 11) is 0. The third-order valence-corrected chi connectivity index (χ3v) is 4.60. The molecule has 1 aliphatic rings. The summed E-state index contributed by atoms with van der Waals surface area (Å²) in [6, 6.07) is 9.46. The Labute approximate surface area is 164 Å². The number of benzene rings is 2. The third kappa shape index (κ3) is 5.69. The highest BCUT2D eigenvalue weighted by Crippen LogP contribution is 2.29. The van der Waals surface area contributed by atoms with E-state index in [0.29, 0.717) is 13.1 Å². The van der Waals surface area contributed by atoms with Crippen LogP contribution >= 0.6 is 0 Å². The number of nitrogens with one attached hydrogen (secondary N) is 2. The zero-order chi connectivity index (χ0) is 21.0. The lowest BCUT2D eigenvalue weighted by atomic mass is 10.1. The number of amides is 3. The summed E-state index contributed by atoms with van der Waals surface area (Å²) in [6.07, 6.45) is -4.16. The number of hydrogen-bond acceptors (Lipinski definition) is 2. The molecule has 5 nitrogen and oxygen atoms in total. The van der Waals surface area contributed by atoms with Crippen molar-refractivity contribution in [3.8, 4) is 0 Å². The second-order valence-corrected chi connectivity index (χ2v) is 6.88. The standard InChI is InChI=1S/C20H19F4N3O2/c21-16-5-1-13(2-6-16)11-27-12-14(9-18(27)28)10-25-19(29)26-17-7-3-15(4-8-17)20(22,23)24/h1-8,14H,9-12H2,(H2,25,26,29)/t14-/m0/s1. The van der Waals surface area contributed by atoms with E-state index in [9.17, 15) is 27.2 Å². The maximum absolute atomic E-state index is 13.0. The van der Waals surface area contributed by atoms with Crippen LogP contribution in [-0.2, 0) is 17.5 Å². The first-order valence-corrected chi connectivity index (χ1v) is 8.95. The second-order valence-electron chi connectivity index (χ2n) is 6.88. The molecule has 1 fully saturated rings. The van der Waals surface area contributed by atoms with E-state index < -0.39 is 17.8 Å². The molecule has 2 N–H and O–H groups in total. The average Bonchev–Trinajstić information content (AvgIpc) is 3.01. The van der Waals surface area contributed by atoms with Crippen LogP contribution in [0.4, 0.5) is 28.0 Å². The van der Waals surface area contributed by atoms with Gasteiger partial charge in [0.2, 0.25) is 5.91 Å². The van der Waals surface area contributed by atoms with E-state index >= 15 is 0 Å². The van der Waals surface area contributed by atoms with Crippen molar-refractivity contribution in [2.45, 2.75) is 19.1 Å². The number of nitrogens with zero attached hydrogens (tertiary/aromatic N) is 1. The molecule has 1 saturated heterocycles. The van der Waals surface area contributed by atoms with Crippen LogP contribution in [0.1, 0.15) is 17.5 Å². The van der Waals surface area contributed by atoms with Gasteiger partial charge < -0.3 is 15.5 Å². The highest BCUT2D eigenvalue weighted by atomic mass is 19.4. The minimum absolute atomic E-state index is 0.0516. The quantitative estimate of drug-likeness (QED) is 0.733. The van der Waals surface area contributed by atoms with Crippen molar-refractivity contribution in [2.24, 2.45) is 5.92 Å². The number of carbonyl (C=O) groups is 2. The van der Waals surface area contributed by atoms with E-state index in [1.165, 1.54) is 24.3 Å². The van der Waals surface area contributed by atoms with Crippen LogP contribution in [-0.4, -0.2) is 29.9 Å². The van der Waals surface area contributed by atoms with Crippen molar-refractivity contribution in [3.05, 3.63) is 65.5 Å². The molecule has 9 heteroatoms. The molecule has 0 spiro atoms. The summed E-state index contributed by atoms with van der Waals surface area (Å²) < 4.78 is 50.6. The van der Waals surface area contributed by atoms with Crippen molar-refractivity contribution in [3.63, 3.8) is 0 Å². The summed E-state index contributed by atoms with van der Waals surface area (Å²) in [6.45, 7) is 1.07. The fraction of sp³-hybridized carbons (Fsp3) is 0.300. The summed E-state index contributed by atoms with van der Waals surface area (Å²) in [5.74, 6) is -0.479. The highest BCUT2D eigenvalue weighted by Gasteiger charge is 2.31. The number of anilines is 1. The van der Waals surface area contributed by atoms with Crippen LogP contribution in [0.5, 0.6) is 0 Å². The summed E-state index contributed by atoms with van der Waals surface area (Å²) >= 11 is 0. The fourth-order valence-electron chi connectivity index (χ4n) is 3.11. The molecule has 1 atom stereocenters. The average molecular weight is 409 g/mol. The minimum atomic E-state index is -4.43. The molecule has 2 aromatic carbocycles. The topological polar surface area (TPSA) is 61.4 Å². The number of alkyl halides is 3. The molecule has 0 radical (unpaired) electrons. The van der Waals surface area contributed by atoms with Gasteiger partial charge in [-0.3, -0.25) is 4.79 Å². The van der Waals surface area contributed by atoms with Gasteiger partial charge in [0.15, 0.2) is 0 Å². The molecular weight excluding hydrogens is 390 g/mol. The summed E-state index contributed by atoms with van der Waals surface area (Å²) in [5, 5.41) is 5.09. The molecule has 2 aromatic rings. The van der Waals surface area contributed by atoms with Crippen molar-refractivity contribution in [1.29, 1.82) is 0 Å². The Morgan fingerprint density at radius 3 is 2.34 bits per heavy atom. The number of rotatable bonds is 5. The van der Waals surface area contributed by atoms with E-state index in [0.717, 1.165) is 17.7 Å². The Bertz CT molecular complexity index is 867. The molecule has 1 aliphatic heterocycles. The monoisotopic (exact) mass is 409 g/mol. The van der Waals surface area contributed by atoms with Crippen LogP contribution in [0.3, 0.4) is 0 Å². The van der Waals surface area contributed by atoms with Gasteiger partial charge in [0.25, 0.3) is 0 Å². The van der Waals surface area contributed by atoms with Gasteiger partial charge in [-0.2, -0.15) is 13.2 Å². The first kappa shape index (κ1) is 20.6. The van der Waals surface area contributed by atoms with Crippen LogP contribution in [0.2, 0.25) is 0 Å². The van der Waals surface area contributed by atoms with Crippen molar-refractivity contribution < 1.29 is 27.2 Å². The van der Waals surface area contributed by atoms with Gasteiger partial charge in [-0.05, 0) is 42.0 Å². The molecule has 0 unspecified atom stereocenters. The number of halogens is 4. The maximum Gasteiger partial charge on any atom is 0.416 e. The van der Waals surface area contributed by atoms with Crippen LogP contribution in [0.15, 0.2) is 48.5 Å². The van der Waals surface area contributed by atoms with Crippen LogP contribution in [0, 0.1) is 11.7 Å². The third-order valence-electron chi connectivity index (χ3n) is 4.60. The van der Waals surface area contributed by atoms with E-state index in [1.54, 1.807) is 17.0 Å². The van der Waals surface area contributed by atoms with Crippen molar-refractivity contribution in [1.82, 2.24) is 10.2 Å². The molecule has 0 bridgehead atoms. The first-order chi connectivity index (χ1) is 13.7. The Kier molecular flexibility index (Phi) is 6.05. The van der Waals surface area contributed by atoms with E-state index in [1.807, 2.05) is 0 Å². The largest absolute Gasteiger partial charge is 0.416 e. The molecular formula is C20H19F4N3O2. The Hall–Kier alpha value is -3.10. The van der Waals surface area contributed by atoms with Crippen molar-refractivity contribution in [2.75, 3.05) is 18.4 Å². The van der Waals surface area contributed by atoms with Gasteiger partial charge in [0, 0.05) is 37.7 Å². The fourth-order valence-corrected chi connectivity index (χ4v) is 3.11. The molecule has 29 heavy (non-hydrogen) atoms. The van der Waals surface area contributed by atoms with Gasteiger partial charge in [0.05, 0.1) is 5.56 Å². The lowest BCUT2D eigenvalue weighted by Gasteiger charge is -2.17. The predicted octanol–water partition coefficient (Wildman–Crippen LogP) is 4.01. The van der Waals surface area contributed by atoms with E-state index in [4.69, 9.17) is 0 Å².